The molecule has 0 aliphatic heterocycles. The van der Waals surface area contributed by atoms with Crippen molar-refractivity contribution in [3.63, 3.8) is 0 Å². The second-order valence-electron chi connectivity index (χ2n) is 10.1. The first kappa shape index (κ1) is 32.1. The summed E-state index contributed by atoms with van der Waals surface area (Å²) in [4.78, 5) is 11.1. The summed E-state index contributed by atoms with van der Waals surface area (Å²) < 4.78 is 31.5. The van der Waals surface area contributed by atoms with Gasteiger partial charge < -0.3 is 21.7 Å². The zero-order valence-corrected chi connectivity index (χ0v) is 25.4. The van der Waals surface area contributed by atoms with Crippen molar-refractivity contribution in [1.29, 1.82) is 0 Å². The largest absolute Gasteiger partial charge is 0.507 e. The van der Waals surface area contributed by atoms with Gasteiger partial charge in [0.2, 0.25) is 0 Å². The number of nitrogens with zero attached hydrogens (tertiary/aromatic N) is 6. The van der Waals surface area contributed by atoms with Gasteiger partial charge >= 0.3 is 5.97 Å². The lowest BCUT2D eigenvalue weighted by molar-refractivity contribution is 0.0693. The molecule has 0 atom stereocenters. The van der Waals surface area contributed by atoms with E-state index >= 15 is 0 Å². The Hall–Kier alpha value is -6.32. The summed E-state index contributed by atoms with van der Waals surface area (Å²) >= 11 is 0. The molecule has 7 N–H and O–H groups in total. The molecular formula is C32H26N8O6S. The molecule has 0 bridgehead atoms. The highest BCUT2D eigenvalue weighted by Crippen LogP contribution is 2.36. The predicted molar refractivity (Wildman–Crippen MR) is 176 cm³/mol. The lowest BCUT2D eigenvalue weighted by Crippen LogP contribution is -1.97. The van der Waals surface area contributed by atoms with E-state index in [1.165, 1.54) is 42.5 Å². The zero-order valence-electron chi connectivity index (χ0n) is 24.6. The quantitative estimate of drug-likeness (QED) is 0.0585. The number of azo groups is 3. The molecule has 0 aliphatic carbocycles. The standard InChI is InChI=1S/C32H26N8O6S/c1-18-14-24(15-26(31(18)41)32(42)43)38-35-21-6-2-19(3-7-21)20-4-8-22(9-5-20)36-39-29-17-30(28(34)16-27(29)33)40-37-23-10-12-25(13-11-23)47(44,45)46/h2-17,41H,33-34H2,1H3,(H,42,43)(H,44,45,46). The number of aromatic carboxylic acids is 1. The fraction of sp³-hybridized carbons (Fsp3) is 0.0312. The minimum atomic E-state index is -4.32. The third-order valence-corrected chi connectivity index (χ3v) is 7.59. The molecule has 5 rings (SSSR count). The first-order valence-corrected chi connectivity index (χ1v) is 15.1. The molecular weight excluding hydrogens is 624 g/mol. The summed E-state index contributed by atoms with van der Waals surface area (Å²) in [6, 6.07) is 25.5. The molecule has 236 valence electrons. The normalized spacial score (nSPS) is 12.0. The van der Waals surface area contributed by atoms with Crippen LogP contribution in [0.5, 0.6) is 5.75 Å². The van der Waals surface area contributed by atoms with Gasteiger partial charge in [0.25, 0.3) is 10.1 Å². The minimum absolute atomic E-state index is 0.243. The van der Waals surface area contributed by atoms with Crippen LogP contribution in [0.15, 0.2) is 133 Å². The number of aromatic hydroxyl groups is 1. The van der Waals surface area contributed by atoms with Crippen molar-refractivity contribution in [2.45, 2.75) is 11.8 Å². The van der Waals surface area contributed by atoms with Gasteiger partial charge in [0.1, 0.15) is 22.7 Å². The second kappa shape index (κ2) is 13.4. The van der Waals surface area contributed by atoms with Crippen LogP contribution in [0.3, 0.4) is 0 Å². The number of anilines is 2. The number of hydrogen-bond acceptors (Lipinski definition) is 12. The average Bonchev–Trinajstić information content (AvgIpc) is 3.04. The topological polar surface area (TPSA) is 238 Å². The minimum Gasteiger partial charge on any atom is -0.507 e. The van der Waals surface area contributed by atoms with Gasteiger partial charge in [-0.15, -0.1) is 10.2 Å². The Kier molecular flexibility index (Phi) is 9.11. The molecule has 14 nitrogen and oxygen atoms in total. The summed E-state index contributed by atoms with van der Waals surface area (Å²) in [7, 11) is -4.32. The molecule has 0 saturated carbocycles. The molecule has 5 aromatic carbocycles. The Morgan fingerprint density at radius 1 is 0.617 bits per heavy atom. The molecule has 15 heteroatoms. The lowest BCUT2D eigenvalue weighted by Gasteiger charge is -2.05. The van der Waals surface area contributed by atoms with Gasteiger partial charge in [0.05, 0.1) is 39.0 Å². The van der Waals surface area contributed by atoms with Crippen LogP contribution < -0.4 is 11.5 Å². The Bertz CT molecular complexity index is 2170. The number of carboxylic acids is 1. The van der Waals surface area contributed by atoms with E-state index in [0.29, 0.717) is 34.0 Å². The van der Waals surface area contributed by atoms with Crippen molar-refractivity contribution in [3.8, 4) is 16.9 Å². The average molecular weight is 651 g/mol. The third-order valence-electron chi connectivity index (χ3n) is 6.72. The van der Waals surface area contributed by atoms with Crippen LogP contribution in [0, 0.1) is 6.92 Å². The van der Waals surface area contributed by atoms with E-state index in [-0.39, 0.29) is 33.3 Å². The molecule has 0 radical (unpaired) electrons. The van der Waals surface area contributed by atoms with Crippen LogP contribution >= 0.6 is 0 Å². The number of carbonyl (C=O) groups is 1. The molecule has 0 aliphatic rings. The number of hydrogen-bond donors (Lipinski definition) is 5. The maximum atomic E-state index is 11.3. The predicted octanol–water partition coefficient (Wildman–Crippen LogP) is 8.72. The van der Waals surface area contributed by atoms with E-state index in [4.69, 9.17) is 16.0 Å². The molecule has 0 spiro atoms. The van der Waals surface area contributed by atoms with E-state index < -0.39 is 16.1 Å². The summed E-state index contributed by atoms with van der Waals surface area (Å²) in [5.41, 5.74) is 16.9. The van der Waals surface area contributed by atoms with Crippen LogP contribution in [0.2, 0.25) is 0 Å². The first-order chi connectivity index (χ1) is 22.4. The van der Waals surface area contributed by atoms with Gasteiger partial charge in [0.15, 0.2) is 0 Å². The Labute approximate surface area is 268 Å². The smallest absolute Gasteiger partial charge is 0.339 e. The number of rotatable bonds is 9. The van der Waals surface area contributed by atoms with Crippen molar-refractivity contribution in [1.82, 2.24) is 0 Å². The lowest BCUT2D eigenvalue weighted by atomic mass is 10.1. The number of nitrogens with two attached hydrogens (primary N) is 2. The summed E-state index contributed by atoms with van der Waals surface area (Å²) in [5.74, 6) is -1.56. The van der Waals surface area contributed by atoms with E-state index in [0.717, 1.165) is 11.1 Å². The van der Waals surface area contributed by atoms with Gasteiger partial charge in [-0.2, -0.15) is 28.9 Å². The first-order valence-electron chi connectivity index (χ1n) is 13.7. The van der Waals surface area contributed by atoms with Gasteiger partial charge in [-0.1, -0.05) is 24.3 Å². The van der Waals surface area contributed by atoms with Crippen molar-refractivity contribution in [3.05, 3.63) is 108 Å². The molecule has 5 aromatic rings. The Morgan fingerprint density at radius 3 is 1.49 bits per heavy atom. The van der Waals surface area contributed by atoms with Crippen molar-refractivity contribution in [2.24, 2.45) is 30.7 Å². The van der Waals surface area contributed by atoms with Crippen LogP contribution in [0.25, 0.3) is 11.1 Å². The maximum Gasteiger partial charge on any atom is 0.339 e. The van der Waals surface area contributed by atoms with E-state index in [2.05, 4.69) is 30.7 Å². The number of aryl methyl sites for hydroxylation is 1. The van der Waals surface area contributed by atoms with Crippen LogP contribution in [0.4, 0.5) is 45.5 Å². The van der Waals surface area contributed by atoms with Gasteiger partial charge in [-0.05, 0) is 96.4 Å². The van der Waals surface area contributed by atoms with Crippen molar-refractivity contribution in [2.75, 3.05) is 11.5 Å². The van der Waals surface area contributed by atoms with E-state index in [1.807, 2.05) is 24.3 Å². The molecule has 0 unspecified atom stereocenters. The monoisotopic (exact) mass is 650 g/mol. The number of benzene rings is 5. The third kappa shape index (κ3) is 7.86. The molecule has 0 fully saturated rings. The fourth-order valence-corrected chi connectivity index (χ4v) is 4.71. The molecule has 47 heavy (non-hydrogen) atoms. The second-order valence-corrected chi connectivity index (χ2v) is 11.5. The van der Waals surface area contributed by atoms with Crippen LogP contribution in [0.1, 0.15) is 15.9 Å². The molecule has 0 heterocycles. The van der Waals surface area contributed by atoms with E-state index in [9.17, 15) is 23.4 Å². The summed E-state index contributed by atoms with van der Waals surface area (Å²) in [5, 5.41) is 44.1. The highest BCUT2D eigenvalue weighted by molar-refractivity contribution is 7.85. The molecule has 0 saturated heterocycles. The zero-order chi connectivity index (χ0) is 33.7. The van der Waals surface area contributed by atoms with Crippen LogP contribution in [-0.4, -0.2) is 29.2 Å². The number of carboxylic acid groups (broad SMARTS) is 1. The van der Waals surface area contributed by atoms with Crippen molar-refractivity contribution < 1.29 is 28.0 Å². The number of phenols is 1. The molecule has 0 aromatic heterocycles. The summed E-state index contributed by atoms with van der Waals surface area (Å²) in [6.45, 7) is 1.59. The fourth-order valence-electron chi connectivity index (χ4n) is 4.23. The van der Waals surface area contributed by atoms with E-state index in [1.54, 1.807) is 37.3 Å². The highest BCUT2D eigenvalue weighted by Gasteiger charge is 2.13. The SMILES string of the molecule is Cc1cc(N=Nc2ccc(-c3ccc(N=Nc4cc(N=Nc5ccc(S(=O)(=O)O)cc5)c(N)cc4N)cc3)cc2)cc(C(=O)O)c1O. The van der Waals surface area contributed by atoms with Gasteiger partial charge in [0, 0.05) is 0 Å². The molecule has 0 amide bonds. The summed E-state index contributed by atoms with van der Waals surface area (Å²) in [6.07, 6.45) is 0. The van der Waals surface area contributed by atoms with Crippen LogP contribution in [-0.2, 0) is 10.1 Å². The Balaban J connectivity index is 1.26. The van der Waals surface area contributed by atoms with Gasteiger partial charge in [-0.25, -0.2) is 4.79 Å². The number of nitrogen functional groups attached to an aromatic ring is 2. The highest BCUT2D eigenvalue weighted by atomic mass is 32.2. The maximum absolute atomic E-state index is 11.3. The van der Waals surface area contributed by atoms with Gasteiger partial charge in [-0.3, -0.25) is 4.55 Å². The van der Waals surface area contributed by atoms with Crippen molar-refractivity contribution >= 4 is 61.6 Å². The Morgan fingerprint density at radius 2 is 1.04 bits per heavy atom.